The van der Waals surface area contributed by atoms with Gasteiger partial charge in [0, 0.05) is 16.7 Å². The Hall–Kier alpha value is -3.29. The van der Waals surface area contributed by atoms with E-state index in [4.69, 9.17) is 5.73 Å². The largest absolute Gasteiger partial charge is 0.379 e. The number of H-pyrrole nitrogens is 1. The molecule has 28 heavy (non-hydrogen) atoms. The van der Waals surface area contributed by atoms with Crippen LogP contribution in [-0.2, 0) is 6.54 Å². The third kappa shape index (κ3) is 4.16. The maximum atomic E-state index is 12.6. The molecule has 0 radical (unpaired) electrons. The summed E-state index contributed by atoms with van der Waals surface area (Å²) in [5.41, 5.74) is 7.21. The van der Waals surface area contributed by atoms with Crippen molar-refractivity contribution in [2.45, 2.75) is 40.2 Å². The van der Waals surface area contributed by atoms with Crippen LogP contribution in [-0.4, -0.2) is 25.7 Å². The Morgan fingerprint density at radius 1 is 1.21 bits per heavy atom. The first-order valence-electron chi connectivity index (χ1n) is 9.20. The molecule has 0 spiro atoms. The highest BCUT2D eigenvalue weighted by Crippen LogP contribution is 2.28. The van der Waals surface area contributed by atoms with E-state index < -0.39 is 5.56 Å². The number of carbonyl (C=O) groups is 1. The third-order valence-electron chi connectivity index (χ3n) is 4.60. The lowest BCUT2D eigenvalue weighted by Crippen LogP contribution is -2.24. The molecule has 0 aliphatic heterocycles. The van der Waals surface area contributed by atoms with Gasteiger partial charge in [0.1, 0.15) is 0 Å². The van der Waals surface area contributed by atoms with Gasteiger partial charge in [0.05, 0.1) is 18.4 Å². The van der Waals surface area contributed by atoms with E-state index in [2.05, 4.69) is 32.2 Å². The molecule has 0 aliphatic rings. The predicted octanol–water partition coefficient (Wildman–Crippen LogP) is 2.92. The second-order valence-corrected chi connectivity index (χ2v) is 7.38. The van der Waals surface area contributed by atoms with Crippen molar-refractivity contribution < 1.29 is 4.79 Å². The summed E-state index contributed by atoms with van der Waals surface area (Å²) >= 11 is 0. The number of hydrogen-bond donors (Lipinski definition) is 3. The van der Waals surface area contributed by atoms with Gasteiger partial charge in [0.2, 0.25) is 5.95 Å². The summed E-state index contributed by atoms with van der Waals surface area (Å²) in [4.78, 5) is 39.4. The minimum Gasteiger partial charge on any atom is -0.379 e. The number of benzene rings is 1. The van der Waals surface area contributed by atoms with Crippen LogP contribution in [0.4, 0.5) is 11.6 Å². The number of nitrogens with one attached hydrogen (secondary N) is 2. The van der Waals surface area contributed by atoms with Crippen LogP contribution >= 0.6 is 0 Å². The Balaban J connectivity index is 1.71. The smallest absolute Gasteiger partial charge is 0.280 e. The molecule has 8 heteroatoms. The first-order valence-corrected chi connectivity index (χ1v) is 9.20. The van der Waals surface area contributed by atoms with Gasteiger partial charge in [-0.2, -0.15) is 4.98 Å². The maximum Gasteiger partial charge on any atom is 0.280 e. The molecule has 8 nitrogen and oxygen atoms in total. The summed E-state index contributed by atoms with van der Waals surface area (Å²) < 4.78 is 0. The lowest BCUT2D eigenvalue weighted by atomic mass is 9.80. The average molecular weight is 380 g/mol. The van der Waals surface area contributed by atoms with E-state index >= 15 is 0 Å². The number of anilines is 2. The van der Waals surface area contributed by atoms with Gasteiger partial charge in [-0.1, -0.05) is 27.2 Å². The van der Waals surface area contributed by atoms with Gasteiger partial charge in [-0.05, 0) is 30.7 Å². The van der Waals surface area contributed by atoms with Gasteiger partial charge >= 0.3 is 0 Å². The third-order valence-corrected chi connectivity index (χ3v) is 4.60. The molecule has 0 atom stereocenters. The topological polar surface area (TPSA) is 127 Å². The number of ketones is 1. The molecule has 4 N–H and O–H groups in total. The molecule has 0 saturated heterocycles. The number of carbonyl (C=O) groups excluding carboxylic acids is 1. The number of nitrogens with two attached hydrogens (primary N) is 1. The number of hydrogen-bond acceptors (Lipinski definition) is 7. The number of Topliss-reactive ketones (excluding diaryl/α,β-unsaturated/α-hetero) is 1. The first-order chi connectivity index (χ1) is 13.3. The fourth-order valence-electron chi connectivity index (χ4n) is 3.12. The highest BCUT2D eigenvalue weighted by Gasteiger charge is 2.27. The second-order valence-electron chi connectivity index (χ2n) is 7.38. The van der Waals surface area contributed by atoms with Crippen molar-refractivity contribution in [2.24, 2.45) is 5.41 Å². The van der Waals surface area contributed by atoms with Crippen LogP contribution < -0.4 is 16.6 Å². The summed E-state index contributed by atoms with van der Waals surface area (Å²) in [7, 11) is 0. The van der Waals surface area contributed by atoms with Crippen molar-refractivity contribution in [2.75, 3.05) is 11.1 Å². The molecule has 0 bridgehead atoms. The molecule has 0 saturated carbocycles. The lowest BCUT2D eigenvalue weighted by molar-refractivity contribution is 0.0825. The Morgan fingerprint density at radius 3 is 2.61 bits per heavy atom. The van der Waals surface area contributed by atoms with Crippen molar-refractivity contribution in [3.8, 4) is 0 Å². The predicted molar refractivity (Wildman–Crippen MR) is 109 cm³/mol. The van der Waals surface area contributed by atoms with Gasteiger partial charge in [-0.3, -0.25) is 14.6 Å². The van der Waals surface area contributed by atoms with Crippen LogP contribution in [0.5, 0.6) is 0 Å². The monoisotopic (exact) mass is 380 g/mol. The van der Waals surface area contributed by atoms with Gasteiger partial charge in [-0.25, -0.2) is 9.97 Å². The maximum absolute atomic E-state index is 12.6. The first kappa shape index (κ1) is 19.5. The number of fused-ring (bicyclic) bond motifs is 1. The summed E-state index contributed by atoms with van der Waals surface area (Å²) in [6, 6.07) is 7.37. The van der Waals surface area contributed by atoms with Crippen molar-refractivity contribution in [1.29, 1.82) is 0 Å². The molecule has 0 aliphatic carbocycles. The lowest BCUT2D eigenvalue weighted by Gasteiger charge is -2.22. The van der Waals surface area contributed by atoms with Crippen molar-refractivity contribution in [1.82, 2.24) is 19.9 Å². The van der Waals surface area contributed by atoms with Crippen molar-refractivity contribution in [3.63, 3.8) is 0 Å². The zero-order valence-electron chi connectivity index (χ0n) is 16.2. The van der Waals surface area contributed by atoms with Crippen LogP contribution in [0.3, 0.4) is 0 Å². The van der Waals surface area contributed by atoms with Gasteiger partial charge < -0.3 is 11.1 Å². The molecule has 0 unspecified atom stereocenters. The highest BCUT2D eigenvalue weighted by atomic mass is 16.1. The highest BCUT2D eigenvalue weighted by molar-refractivity contribution is 6.00. The molecule has 2 aromatic heterocycles. The van der Waals surface area contributed by atoms with Crippen LogP contribution in [0.1, 0.15) is 49.7 Å². The Morgan fingerprint density at radius 2 is 1.93 bits per heavy atom. The number of aromatic nitrogens is 4. The quantitative estimate of drug-likeness (QED) is 0.538. The average Bonchev–Trinajstić information content (AvgIpc) is 2.66. The molecule has 0 fully saturated rings. The molecule has 1 aromatic carbocycles. The van der Waals surface area contributed by atoms with Gasteiger partial charge in [0.15, 0.2) is 16.9 Å². The fraction of sp³-hybridized carbons (Fsp3) is 0.350. The van der Waals surface area contributed by atoms with E-state index in [1.165, 1.54) is 0 Å². The summed E-state index contributed by atoms with van der Waals surface area (Å²) in [6.45, 7) is 6.42. The second kappa shape index (κ2) is 7.75. The number of nitrogen functional groups attached to an aromatic ring is 1. The van der Waals surface area contributed by atoms with E-state index in [-0.39, 0.29) is 28.3 Å². The number of aromatic amines is 1. The molecule has 0 amide bonds. The normalized spacial score (nSPS) is 11.5. The zero-order valence-corrected chi connectivity index (χ0v) is 16.2. The SMILES string of the molecule is CCCC(C)(C)C(=O)c1ccc(NCc2cnc3nc(N)[nH]c(=O)c3n2)cc1. The van der Waals surface area contributed by atoms with Crippen LogP contribution in [0.25, 0.3) is 11.2 Å². The molecular weight excluding hydrogens is 356 g/mol. The van der Waals surface area contributed by atoms with Crippen LogP contribution in [0, 0.1) is 5.41 Å². The Labute approximate surface area is 162 Å². The summed E-state index contributed by atoms with van der Waals surface area (Å²) in [5, 5.41) is 3.22. The molecule has 3 aromatic rings. The minimum absolute atomic E-state index is 0.00873. The van der Waals surface area contributed by atoms with E-state index in [0.717, 1.165) is 18.5 Å². The number of nitrogens with zero attached hydrogens (tertiary/aromatic N) is 3. The number of rotatable bonds is 7. The van der Waals surface area contributed by atoms with E-state index in [0.29, 0.717) is 17.8 Å². The standard InChI is InChI=1S/C20H24N6O2/c1-4-9-20(2,3)16(27)12-5-7-13(8-6-12)22-10-14-11-23-17-15(24-14)18(28)26-19(21)25-17/h5-8,11,22H,4,9-10H2,1-3H3,(H3,21,23,25,26,28). The fourth-order valence-corrected chi connectivity index (χ4v) is 3.12. The van der Waals surface area contributed by atoms with Gasteiger partial charge in [-0.15, -0.1) is 0 Å². The Kier molecular flexibility index (Phi) is 5.39. The van der Waals surface area contributed by atoms with E-state index in [9.17, 15) is 9.59 Å². The Bertz CT molecular complexity index is 1060. The van der Waals surface area contributed by atoms with E-state index in [1.54, 1.807) is 6.20 Å². The molecule has 2 heterocycles. The summed E-state index contributed by atoms with van der Waals surface area (Å²) in [5.74, 6) is 0.154. The molecule has 3 rings (SSSR count). The van der Waals surface area contributed by atoms with E-state index in [1.807, 2.05) is 38.1 Å². The van der Waals surface area contributed by atoms with Crippen molar-refractivity contribution >= 4 is 28.6 Å². The minimum atomic E-state index is -0.422. The zero-order chi connectivity index (χ0) is 20.3. The van der Waals surface area contributed by atoms with Crippen molar-refractivity contribution in [3.05, 3.63) is 52.1 Å². The van der Waals surface area contributed by atoms with Gasteiger partial charge in [0.25, 0.3) is 5.56 Å². The van der Waals surface area contributed by atoms with Crippen LogP contribution in [0.2, 0.25) is 0 Å². The van der Waals surface area contributed by atoms with Crippen LogP contribution in [0.15, 0.2) is 35.3 Å². The summed E-state index contributed by atoms with van der Waals surface area (Å²) in [6.07, 6.45) is 3.37. The molecule has 146 valence electrons. The molecular formula is C20H24N6O2.